The molecule has 0 aromatic heterocycles. The summed E-state index contributed by atoms with van der Waals surface area (Å²) in [5.74, 6) is 1.55. The number of rotatable bonds is 5. The van der Waals surface area contributed by atoms with Gasteiger partial charge in [0.2, 0.25) is 5.91 Å². The predicted octanol–water partition coefficient (Wildman–Crippen LogP) is 1.09. The zero-order chi connectivity index (χ0) is 13.5. The Balaban J connectivity index is 1.62. The number of carbonyl (C=O) groups is 1. The maximum absolute atomic E-state index is 11.8. The first kappa shape index (κ1) is 14.2. The Labute approximate surface area is 115 Å². The molecule has 1 heterocycles. The van der Waals surface area contributed by atoms with Crippen molar-refractivity contribution in [3.05, 3.63) is 0 Å². The Kier molecular flexibility index (Phi) is 5.48. The highest BCUT2D eigenvalue weighted by Crippen LogP contribution is 2.26. The Morgan fingerprint density at radius 1 is 1.32 bits per heavy atom. The first-order valence-electron chi connectivity index (χ1n) is 7.57. The molecule has 1 saturated heterocycles. The minimum atomic E-state index is 0.282. The zero-order valence-corrected chi connectivity index (χ0v) is 11.7. The van der Waals surface area contributed by atoms with E-state index in [0.717, 1.165) is 38.4 Å². The van der Waals surface area contributed by atoms with E-state index in [2.05, 4.69) is 10.3 Å². The summed E-state index contributed by atoms with van der Waals surface area (Å²) >= 11 is 0. The molecule has 0 spiro atoms. The van der Waals surface area contributed by atoms with Crippen molar-refractivity contribution in [2.24, 2.45) is 16.6 Å². The van der Waals surface area contributed by atoms with Gasteiger partial charge in [0.15, 0.2) is 5.96 Å². The molecule has 0 aromatic carbocycles. The van der Waals surface area contributed by atoms with Crippen molar-refractivity contribution in [1.82, 2.24) is 10.2 Å². The normalized spacial score (nSPS) is 22.0. The van der Waals surface area contributed by atoms with Gasteiger partial charge < -0.3 is 16.0 Å². The fourth-order valence-corrected chi connectivity index (χ4v) is 2.55. The fourth-order valence-electron chi connectivity index (χ4n) is 2.55. The molecule has 1 amide bonds. The predicted molar refractivity (Wildman–Crippen MR) is 76.9 cm³/mol. The molecule has 0 atom stereocenters. The molecule has 0 bridgehead atoms. The minimum Gasteiger partial charge on any atom is -0.370 e. The van der Waals surface area contributed by atoms with Gasteiger partial charge in [-0.3, -0.25) is 9.79 Å². The summed E-state index contributed by atoms with van der Waals surface area (Å²) < 4.78 is 0. The van der Waals surface area contributed by atoms with Gasteiger partial charge in [-0.1, -0.05) is 12.8 Å². The Bertz CT molecular complexity index is 325. The lowest BCUT2D eigenvalue weighted by atomic mass is 9.86. The maximum Gasteiger partial charge on any atom is 0.222 e. The third kappa shape index (κ3) is 4.73. The van der Waals surface area contributed by atoms with Crippen molar-refractivity contribution in [2.45, 2.75) is 44.9 Å². The van der Waals surface area contributed by atoms with Crippen molar-refractivity contribution < 1.29 is 4.79 Å². The summed E-state index contributed by atoms with van der Waals surface area (Å²) in [6.07, 6.45) is 7.94. The maximum atomic E-state index is 11.8. The third-order valence-electron chi connectivity index (χ3n) is 4.10. The molecule has 0 radical (unpaired) electrons. The van der Waals surface area contributed by atoms with Crippen LogP contribution in [0.5, 0.6) is 0 Å². The van der Waals surface area contributed by atoms with Gasteiger partial charge in [0.1, 0.15) is 0 Å². The number of carbonyl (C=O) groups excluding carboxylic acids is 1. The molecule has 19 heavy (non-hydrogen) atoms. The van der Waals surface area contributed by atoms with E-state index in [4.69, 9.17) is 5.73 Å². The Morgan fingerprint density at radius 3 is 2.89 bits per heavy atom. The van der Waals surface area contributed by atoms with Gasteiger partial charge in [-0.25, -0.2) is 0 Å². The Hall–Kier alpha value is -1.26. The number of amides is 1. The van der Waals surface area contributed by atoms with Gasteiger partial charge in [0.25, 0.3) is 0 Å². The van der Waals surface area contributed by atoms with Crippen LogP contribution in [0, 0.1) is 5.92 Å². The molecule has 1 aliphatic heterocycles. The average molecular weight is 266 g/mol. The second kappa shape index (κ2) is 7.36. The molecule has 2 rings (SSSR count). The highest BCUT2D eigenvalue weighted by molar-refractivity contribution is 5.78. The highest BCUT2D eigenvalue weighted by atomic mass is 16.2. The summed E-state index contributed by atoms with van der Waals surface area (Å²) in [5.41, 5.74) is 5.82. The van der Waals surface area contributed by atoms with E-state index < -0.39 is 0 Å². The average Bonchev–Trinajstić information content (AvgIpc) is 2.53. The topological polar surface area (TPSA) is 70.7 Å². The lowest BCUT2D eigenvalue weighted by molar-refractivity contribution is -0.130. The SMILES string of the molecule is NC(=NCC1CCC1)NCCN1CCCCCC1=O. The number of nitrogens with zero attached hydrogens (tertiary/aromatic N) is 2. The molecule has 2 fully saturated rings. The van der Waals surface area contributed by atoms with E-state index in [1.807, 2.05) is 4.90 Å². The van der Waals surface area contributed by atoms with Crippen molar-refractivity contribution in [2.75, 3.05) is 26.2 Å². The molecular formula is C14H26N4O. The van der Waals surface area contributed by atoms with Crippen LogP contribution in [0.2, 0.25) is 0 Å². The van der Waals surface area contributed by atoms with Crippen LogP contribution >= 0.6 is 0 Å². The fraction of sp³-hybridized carbons (Fsp3) is 0.857. The van der Waals surface area contributed by atoms with Crippen LogP contribution in [0.15, 0.2) is 4.99 Å². The molecule has 1 aliphatic carbocycles. The standard InChI is InChI=1S/C14H26N4O/c15-14(17-11-12-5-4-6-12)16-8-10-18-9-3-1-2-7-13(18)19/h12H,1-11H2,(H3,15,16,17). The van der Waals surface area contributed by atoms with Gasteiger partial charge in [-0.15, -0.1) is 0 Å². The quantitative estimate of drug-likeness (QED) is 0.578. The van der Waals surface area contributed by atoms with Gasteiger partial charge in [-0.05, 0) is 31.6 Å². The molecule has 0 unspecified atom stereocenters. The lowest BCUT2D eigenvalue weighted by Gasteiger charge is -2.23. The van der Waals surface area contributed by atoms with Crippen molar-refractivity contribution in [1.29, 1.82) is 0 Å². The molecule has 3 N–H and O–H groups in total. The van der Waals surface area contributed by atoms with Gasteiger partial charge in [-0.2, -0.15) is 0 Å². The molecule has 5 heteroatoms. The van der Waals surface area contributed by atoms with Gasteiger partial charge in [0, 0.05) is 32.6 Å². The molecule has 5 nitrogen and oxygen atoms in total. The minimum absolute atomic E-state index is 0.282. The molecule has 0 aromatic rings. The smallest absolute Gasteiger partial charge is 0.222 e. The second-order valence-corrected chi connectivity index (χ2v) is 5.64. The summed E-state index contributed by atoms with van der Waals surface area (Å²) in [6.45, 7) is 3.17. The van der Waals surface area contributed by atoms with Crippen LogP contribution in [0.4, 0.5) is 0 Å². The van der Waals surface area contributed by atoms with E-state index in [1.165, 1.54) is 25.7 Å². The van der Waals surface area contributed by atoms with Crippen LogP contribution in [-0.2, 0) is 4.79 Å². The number of nitrogens with two attached hydrogens (primary N) is 1. The first-order chi connectivity index (χ1) is 9.25. The van der Waals surface area contributed by atoms with Crippen molar-refractivity contribution in [3.63, 3.8) is 0 Å². The van der Waals surface area contributed by atoms with Crippen LogP contribution < -0.4 is 11.1 Å². The summed E-state index contributed by atoms with van der Waals surface area (Å²) in [4.78, 5) is 18.1. The molecule has 1 saturated carbocycles. The number of hydrogen-bond acceptors (Lipinski definition) is 2. The number of aliphatic imine (C=N–C) groups is 1. The van der Waals surface area contributed by atoms with Crippen LogP contribution in [0.3, 0.4) is 0 Å². The Morgan fingerprint density at radius 2 is 2.16 bits per heavy atom. The van der Waals surface area contributed by atoms with Crippen LogP contribution in [0.1, 0.15) is 44.9 Å². The van der Waals surface area contributed by atoms with E-state index in [1.54, 1.807) is 0 Å². The molecular weight excluding hydrogens is 240 g/mol. The number of nitrogens with one attached hydrogen (secondary N) is 1. The van der Waals surface area contributed by atoms with E-state index >= 15 is 0 Å². The largest absolute Gasteiger partial charge is 0.370 e. The highest BCUT2D eigenvalue weighted by Gasteiger charge is 2.17. The van der Waals surface area contributed by atoms with E-state index in [9.17, 15) is 4.79 Å². The number of guanidine groups is 1. The lowest BCUT2D eigenvalue weighted by Crippen LogP contribution is -2.41. The van der Waals surface area contributed by atoms with E-state index in [0.29, 0.717) is 18.9 Å². The van der Waals surface area contributed by atoms with Crippen molar-refractivity contribution in [3.8, 4) is 0 Å². The number of hydrogen-bond donors (Lipinski definition) is 2. The third-order valence-corrected chi connectivity index (χ3v) is 4.10. The summed E-state index contributed by atoms with van der Waals surface area (Å²) in [7, 11) is 0. The van der Waals surface area contributed by atoms with Crippen molar-refractivity contribution >= 4 is 11.9 Å². The van der Waals surface area contributed by atoms with Gasteiger partial charge >= 0.3 is 0 Å². The van der Waals surface area contributed by atoms with Crippen LogP contribution in [-0.4, -0.2) is 42.9 Å². The number of likely N-dealkylation sites (tertiary alicyclic amines) is 1. The van der Waals surface area contributed by atoms with Crippen LogP contribution in [0.25, 0.3) is 0 Å². The molecule has 108 valence electrons. The summed E-state index contributed by atoms with van der Waals surface area (Å²) in [6, 6.07) is 0. The monoisotopic (exact) mass is 266 g/mol. The molecule has 2 aliphatic rings. The first-order valence-corrected chi connectivity index (χ1v) is 7.57. The zero-order valence-electron chi connectivity index (χ0n) is 11.7. The van der Waals surface area contributed by atoms with Gasteiger partial charge in [0.05, 0.1) is 0 Å². The summed E-state index contributed by atoms with van der Waals surface area (Å²) in [5, 5.41) is 3.11. The second-order valence-electron chi connectivity index (χ2n) is 5.64. The van der Waals surface area contributed by atoms with E-state index in [-0.39, 0.29) is 5.91 Å².